The average Bonchev–Trinajstić information content (AvgIpc) is 2.41. The molecule has 0 bridgehead atoms. The molecule has 4 heteroatoms. The van der Waals surface area contributed by atoms with Gasteiger partial charge in [-0.25, -0.2) is 9.97 Å². The van der Waals surface area contributed by atoms with Crippen LogP contribution in [0.15, 0.2) is 6.33 Å². The van der Waals surface area contributed by atoms with Crippen molar-refractivity contribution in [2.24, 2.45) is 5.41 Å². The molecular weight excluding hydrogens is 260 g/mol. The minimum Gasteiger partial charge on any atom is -0.370 e. The Balaban J connectivity index is 2.16. The largest absolute Gasteiger partial charge is 0.370 e. The van der Waals surface area contributed by atoms with Gasteiger partial charge in [-0.3, -0.25) is 0 Å². The Kier molecular flexibility index (Phi) is 5.43. The van der Waals surface area contributed by atoms with Crippen molar-refractivity contribution in [2.45, 2.75) is 72.3 Å². The van der Waals surface area contributed by atoms with Gasteiger partial charge in [-0.2, -0.15) is 0 Å². The van der Waals surface area contributed by atoms with Gasteiger partial charge in [-0.15, -0.1) is 0 Å². The molecule has 2 rings (SSSR count). The van der Waals surface area contributed by atoms with E-state index in [9.17, 15) is 0 Å². The fraction of sp³-hybridized carbons (Fsp3) is 0.765. The molecule has 1 atom stereocenters. The summed E-state index contributed by atoms with van der Waals surface area (Å²) in [5.41, 5.74) is 1.68. The lowest BCUT2D eigenvalue weighted by atomic mass is 9.75. The van der Waals surface area contributed by atoms with Gasteiger partial charge in [-0.05, 0) is 38.0 Å². The van der Waals surface area contributed by atoms with Crippen LogP contribution in [-0.2, 0) is 6.42 Å². The van der Waals surface area contributed by atoms with Crippen LogP contribution in [0.2, 0.25) is 0 Å². The standard InChI is InChI=1S/C17H30N4/c1-5-8-14-15(18-6-2)19-12-20-16(14)21-13-9-7-10-17(3,4)11-13/h12-13H,5-11H2,1-4H3,(H2,18,19,20,21). The van der Waals surface area contributed by atoms with E-state index >= 15 is 0 Å². The first-order valence-corrected chi connectivity index (χ1v) is 8.40. The van der Waals surface area contributed by atoms with E-state index in [1.54, 1.807) is 6.33 Å². The summed E-state index contributed by atoms with van der Waals surface area (Å²) in [4.78, 5) is 8.93. The number of hydrogen-bond donors (Lipinski definition) is 2. The van der Waals surface area contributed by atoms with Gasteiger partial charge in [-0.1, -0.05) is 33.6 Å². The molecule has 21 heavy (non-hydrogen) atoms. The summed E-state index contributed by atoms with van der Waals surface area (Å²) in [6.07, 6.45) is 8.90. The zero-order valence-electron chi connectivity index (χ0n) is 14.0. The van der Waals surface area contributed by atoms with E-state index in [0.29, 0.717) is 11.5 Å². The Morgan fingerprint density at radius 2 is 2.00 bits per heavy atom. The zero-order valence-corrected chi connectivity index (χ0v) is 14.0. The van der Waals surface area contributed by atoms with Gasteiger partial charge in [0.25, 0.3) is 0 Å². The summed E-state index contributed by atoms with van der Waals surface area (Å²) in [5, 5.41) is 7.06. The van der Waals surface area contributed by atoms with Gasteiger partial charge in [0.1, 0.15) is 18.0 Å². The third kappa shape index (κ3) is 4.32. The summed E-state index contributed by atoms with van der Waals surface area (Å²) in [6, 6.07) is 0.536. The lowest BCUT2D eigenvalue weighted by Crippen LogP contribution is -2.32. The summed E-state index contributed by atoms with van der Waals surface area (Å²) in [5.74, 6) is 2.03. The topological polar surface area (TPSA) is 49.8 Å². The fourth-order valence-electron chi connectivity index (χ4n) is 3.36. The van der Waals surface area contributed by atoms with E-state index in [4.69, 9.17) is 0 Å². The van der Waals surface area contributed by atoms with Crippen LogP contribution in [0.25, 0.3) is 0 Å². The van der Waals surface area contributed by atoms with Crippen LogP contribution in [0.3, 0.4) is 0 Å². The van der Waals surface area contributed by atoms with E-state index in [1.165, 1.54) is 31.2 Å². The molecule has 0 spiro atoms. The first-order chi connectivity index (χ1) is 10.1. The second-order valence-corrected chi connectivity index (χ2v) is 6.93. The number of anilines is 2. The first-order valence-electron chi connectivity index (χ1n) is 8.40. The van der Waals surface area contributed by atoms with Gasteiger partial charge in [0.15, 0.2) is 0 Å². The third-order valence-corrected chi connectivity index (χ3v) is 4.34. The van der Waals surface area contributed by atoms with Crippen molar-refractivity contribution in [1.82, 2.24) is 9.97 Å². The summed E-state index contributed by atoms with van der Waals surface area (Å²) >= 11 is 0. The molecule has 0 radical (unpaired) electrons. The summed E-state index contributed by atoms with van der Waals surface area (Å²) in [6.45, 7) is 9.95. The van der Waals surface area contributed by atoms with E-state index in [-0.39, 0.29) is 0 Å². The van der Waals surface area contributed by atoms with Crippen molar-refractivity contribution >= 4 is 11.6 Å². The Labute approximate surface area is 129 Å². The number of aromatic nitrogens is 2. The minimum absolute atomic E-state index is 0.443. The van der Waals surface area contributed by atoms with Crippen LogP contribution < -0.4 is 10.6 Å². The zero-order chi connectivity index (χ0) is 15.3. The highest BCUT2D eigenvalue weighted by Crippen LogP contribution is 2.36. The van der Waals surface area contributed by atoms with Crippen LogP contribution >= 0.6 is 0 Å². The summed E-state index contributed by atoms with van der Waals surface area (Å²) < 4.78 is 0. The Morgan fingerprint density at radius 3 is 2.67 bits per heavy atom. The molecule has 2 N–H and O–H groups in total. The van der Waals surface area contributed by atoms with Crippen LogP contribution in [0.5, 0.6) is 0 Å². The molecule has 1 unspecified atom stereocenters. The van der Waals surface area contributed by atoms with Crippen LogP contribution in [0, 0.1) is 5.41 Å². The van der Waals surface area contributed by atoms with Gasteiger partial charge in [0, 0.05) is 18.2 Å². The molecule has 0 saturated heterocycles. The monoisotopic (exact) mass is 290 g/mol. The van der Waals surface area contributed by atoms with E-state index in [0.717, 1.165) is 31.0 Å². The number of rotatable bonds is 6. The number of nitrogens with one attached hydrogen (secondary N) is 2. The van der Waals surface area contributed by atoms with E-state index in [2.05, 4.69) is 48.3 Å². The van der Waals surface area contributed by atoms with Crippen molar-refractivity contribution < 1.29 is 0 Å². The van der Waals surface area contributed by atoms with Crippen molar-refractivity contribution in [2.75, 3.05) is 17.2 Å². The second kappa shape index (κ2) is 7.10. The van der Waals surface area contributed by atoms with Gasteiger partial charge in [0.2, 0.25) is 0 Å². The summed E-state index contributed by atoms with van der Waals surface area (Å²) in [7, 11) is 0. The van der Waals surface area contributed by atoms with Gasteiger partial charge >= 0.3 is 0 Å². The van der Waals surface area contributed by atoms with E-state index in [1.807, 2.05) is 0 Å². The molecule has 1 aromatic rings. The highest BCUT2D eigenvalue weighted by molar-refractivity contribution is 5.57. The lowest BCUT2D eigenvalue weighted by molar-refractivity contribution is 0.229. The SMILES string of the molecule is CCCc1c(NCC)ncnc1NC1CCCC(C)(C)C1. The fourth-order valence-corrected chi connectivity index (χ4v) is 3.36. The van der Waals surface area contributed by atoms with Crippen LogP contribution in [0.4, 0.5) is 11.6 Å². The maximum atomic E-state index is 4.52. The molecule has 4 nitrogen and oxygen atoms in total. The molecular formula is C17H30N4. The van der Waals surface area contributed by atoms with Crippen molar-refractivity contribution in [1.29, 1.82) is 0 Å². The maximum Gasteiger partial charge on any atom is 0.134 e. The second-order valence-electron chi connectivity index (χ2n) is 6.93. The molecule has 1 heterocycles. The molecule has 1 fully saturated rings. The van der Waals surface area contributed by atoms with Gasteiger partial charge < -0.3 is 10.6 Å². The molecule has 1 aliphatic rings. The van der Waals surface area contributed by atoms with Crippen LogP contribution in [-0.4, -0.2) is 22.6 Å². The van der Waals surface area contributed by atoms with Crippen molar-refractivity contribution in [3.8, 4) is 0 Å². The van der Waals surface area contributed by atoms with Crippen LogP contribution in [0.1, 0.15) is 65.4 Å². The molecule has 118 valence electrons. The quantitative estimate of drug-likeness (QED) is 0.822. The number of hydrogen-bond acceptors (Lipinski definition) is 4. The Morgan fingerprint density at radius 1 is 1.24 bits per heavy atom. The minimum atomic E-state index is 0.443. The Bertz CT molecular complexity index is 456. The van der Waals surface area contributed by atoms with Crippen molar-refractivity contribution in [3.05, 3.63) is 11.9 Å². The van der Waals surface area contributed by atoms with Gasteiger partial charge in [0.05, 0.1) is 0 Å². The molecule has 1 saturated carbocycles. The normalized spacial score (nSPS) is 21.0. The Hall–Kier alpha value is -1.32. The average molecular weight is 290 g/mol. The lowest BCUT2D eigenvalue weighted by Gasteiger charge is -2.36. The third-order valence-electron chi connectivity index (χ3n) is 4.34. The molecule has 1 aliphatic carbocycles. The van der Waals surface area contributed by atoms with E-state index < -0.39 is 0 Å². The maximum absolute atomic E-state index is 4.52. The predicted octanol–water partition coefficient (Wildman–Crippen LogP) is 4.24. The predicted molar refractivity (Wildman–Crippen MR) is 89.9 cm³/mol. The highest BCUT2D eigenvalue weighted by Gasteiger charge is 2.28. The molecule has 0 aliphatic heterocycles. The molecule has 1 aromatic heterocycles. The smallest absolute Gasteiger partial charge is 0.134 e. The van der Waals surface area contributed by atoms with Crippen molar-refractivity contribution in [3.63, 3.8) is 0 Å². The number of nitrogens with zero attached hydrogens (tertiary/aromatic N) is 2. The first kappa shape index (κ1) is 16.1. The molecule has 0 amide bonds. The highest BCUT2D eigenvalue weighted by atomic mass is 15.1. The molecule has 0 aromatic carbocycles.